The van der Waals surface area contributed by atoms with Gasteiger partial charge in [-0.05, 0) is 30.7 Å². The van der Waals surface area contributed by atoms with Crippen LogP contribution in [0.25, 0.3) is 0 Å². The maximum Gasteiger partial charge on any atom is 0.196 e. The van der Waals surface area contributed by atoms with E-state index in [2.05, 4.69) is 20.6 Å². The standard InChI is InChI=1S/C16H15ClN4O/c1-10-3-2-4-12(14(10)17)20-16-19-9-13(21-16)15(22)11-5-7-18-8-6-11/h2-8,13H,9H2,1H3,(H2,19,20,21). The lowest BCUT2D eigenvalue weighted by molar-refractivity contribution is 0.0959. The van der Waals surface area contributed by atoms with Gasteiger partial charge in [0.15, 0.2) is 11.7 Å². The van der Waals surface area contributed by atoms with Crippen LogP contribution < -0.4 is 10.6 Å². The van der Waals surface area contributed by atoms with Crippen LogP contribution in [0.4, 0.5) is 5.69 Å². The third kappa shape index (κ3) is 2.94. The third-order valence-electron chi connectivity index (χ3n) is 3.47. The fourth-order valence-electron chi connectivity index (χ4n) is 2.25. The number of nitrogens with one attached hydrogen (secondary N) is 2. The van der Waals surface area contributed by atoms with Crippen molar-refractivity contribution < 1.29 is 4.79 Å². The Morgan fingerprint density at radius 3 is 2.86 bits per heavy atom. The highest BCUT2D eigenvalue weighted by molar-refractivity contribution is 6.34. The molecule has 1 aromatic carbocycles. The van der Waals surface area contributed by atoms with Gasteiger partial charge in [-0.3, -0.25) is 14.8 Å². The molecule has 0 amide bonds. The van der Waals surface area contributed by atoms with Gasteiger partial charge in [-0.1, -0.05) is 23.7 Å². The summed E-state index contributed by atoms with van der Waals surface area (Å²) in [6.07, 6.45) is 3.21. The first-order valence-corrected chi connectivity index (χ1v) is 7.30. The largest absolute Gasteiger partial charge is 0.344 e. The number of hydrogen-bond acceptors (Lipinski definition) is 5. The Bertz CT molecular complexity index is 730. The summed E-state index contributed by atoms with van der Waals surface area (Å²) in [5, 5.41) is 6.87. The molecule has 1 aromatic heterocycles. The summed E-state index contributed by atoms with van der Waals surface area (Å²) in [6.45, 7) is 2.33. The van der Waals surface area contributed by atoms with Crippen molar-refractivity contribution in [2.75, 3.05) is 11.9 Å². The predicted octanol–water partition coefficient (Wildman–Crippen LogP) is 2.67. The lowest BCUT2D eigenvalue weighted by atomic mass is 10.1. The van der Waals surface area contributed by atoms with Gasteiger partial charge in [-0.15, -0.1) is 0 Å². The Morgan fingerprint density at radius 2 is 2.09 bits per heavy atom. The van der Waals surface area contributed by atoms with Crippen LogP contribution in [0, 0.1) is 6.92 Å². The normalized spacial score (nSPS) is 16.8. The van der Waals surface area contributed by atoms with Crippen molar-refractivity contribution in [3.05, 3.63) is 58.9 Å². The van der Waals surface area contributed by atoms with Crippen molar-refractivity contribution in [1.82, 2.24) is 10.3 Å². The van der Waals surface area contributed by atoms with Gasteiger partial charge in [0, 0.05) is 18.0 Å². The van der Waals surface area contributed by atoms with Gasteiger partial charge >= 0.3 is 0 Å². The van der Waals surface area contributed by atoms with Crippen molar-refractivity contribution >= 4 is 29.0 Å². The van der Waals surface area contributed by atoms with Crippen LogP contribution in [0.15, 0.2) is 47.7 Å². The summed E-state index contributed by atoms with van der Waals surface area (Å²) in [4.78, 5) is 20.6. The minimum Gasteiger partial charge on any atom is -0.344 e. The first-order chi connectivity index (χ1) is 10.6. The van der Waals surface area contributed by atoms with Crippen LogP contribution in [0.1, 0.15) is 15.9 Å². The van der Waals surface area contributed by atoms with E-state index in [-0.39, 0.29) is 11.8 Å². The number of aliphatic imine (C=N–C) groups is 1. The Hall–Kier alpha value is -2.40. The van der Waals surface area contributed by atoms with Crippen LogP contribution in [0.5, 0.6) is 0 Å². The van der Waals surface area contributed by atoms with Gasteiger partial charge in [0.25, 0.3) is 0 Å². The molecule has 0 saturated carbocycles. The summed E-state index contributed by atoms with van der Waals surface area (Å²) in [5.41, 5.74) is 2.37. The van der Waals surface area contributed by atoms with Crippen LogP contribution in [0.3, 0.4) is 0 Å². The van der Waals surface area contributed by atoms with Gasteiger partial charge in [-0.25, -0.2) is 0 Å². The first kappa shape index (κ1) is 14.5. The smallest absolute Gasteiger partial charge is 0.196 e. The lowest BCUT2D eigenvalue weighted by Gasteiger charge is -2.13. The molecule has 0 fully saturated rings. The number of nitrogens with zero attached hydrogens (tertiary/aromatic N) is 2. The quantitative estimate of drug-likeness (QED) is 0.855. The molecular formula is C16H15ClN4O. The van der Waals surface area contributed by atoms with E-state index < -0.39 is 0 Å². The molecule has 22 heavy (non-hydrogen) atoms. The number of Topliss-reactive ketones (excluding diaryl/α,β-unsaturated/α-hetero) is 1. The Kier molecular flexibility index (Phi) is 4.06. The van der Waals surface area contributed by atoms with Crippen LogP contribution in [-0.2, 0) is 0 Å². The Labute approximate surface area is 133 Å². The van der Waals surface area contributed by atoms with Crippen LogP contribution >= 0.6 is 11.6 Å². The number of carbonyl (C=O) groups is 1. The monoisotopic (exact) mass is 314 g/mol. The second-order valence-electron chi connectivity index (χ2n) is 5.05. The average molecular weight is 315 g/mol. The van der Waals surface area contributed by atoms with Crippen molar-refractivity contribution in [2.24, 2.45) is 4.99 Å². The molecule has 0 saturated heterocycles. The van der Waals surface area contributed by atoms with E-state index in [0.29, 0.717) is 23.1 Å². The second-order valence-corrected chi connectivity index (χ2v) is 5.43. The van der Waals surface area contributed by atoms with E-state index in [1.54, 1.807) is 24.5 Å². The lowest BCUT2D eigenvalue weighted by Crippen LogP contribution is -2.40. The number of aryl methyl sites for hydroxylation is 1. The van der Waals surface area contributed by atoms with Gasteiger partial charge in [0.05, 0.1) is 17.3 Å². The zero-order chi connectivity index (χ0) is 15.5. The van der Waals surface area contributed by atoms with Crippen molar-refractivity contribution in [3.63, 3.8) is 0 Å². The summed E-state index contributed by atoms with van der Waals surface area (Å²) in [6, 6.07) is 8.76. The number of anilines is 1. The minimum atomic E-state index is -0.367. The summed E-state index contributed by atoms with van der Waals surface area (Å²) in [5.74, 6) is 0.554. The fraction of sp³-hybridized carbons (Fsp3) is 0.188. The van der Waals surface area contributed by atoms with E-state index in [1.165, 1.54) is 0 Å². The van der Waals surface area contributed by atoms with Crippen LogP contribution in [-0.4, -0.2) is 29.3 Å². The number of aromatic nitrogens is 1. The van der Waals surface area contributed by atoms with E-state index in [9.17, 15) is 4.79 Å². The number of hydrogen-bond donors (Lipinski definition) is 2. The maximum absolute atomic E-state index is 12.3. The van der Waals surface area contributed by atoms with Crippen molar-refractivity contribution in [3.8, 4) is 0 Å². The molecule has 1 atom stereocenters. The van der Waals surface area contributed by atoms with Crippen molar-refractivity contribution in [2.45, 2.75) is 13.0 Å². The highest BCUT2D eigenvalue weighted by Gasteiger charge is 2.25. The van der Waals surface area contributed by atoms with E-state index in [4.69, 9.17) is 11.6 Å². The van der Waals surface area contributed by atoms with Crippen LogP contribution in [0.2, 0.25) is 5.02 Å². The predicted molar refractivity (Wildman–Crippen MR) is 87.6 cm³/mol. The molecule has 2 aromatic rings. The molecule has 0 aliphatic carbocycles. The molecular weight excluding hydrogens is 300 g/mol. The first-order valence-electron chi connectivity index (χ1n) is 6.92. The zero-order valence-electron chi connectivity index (χ0n) is 12.0. The SMILES string of the molecule is Cc1cccc(NC2=NCC(C(=O)c3ccncc3)N2)c1Cl. The topological polar surface area (TPSA) is 66.4 Å². The highest BCUT2D eigenvalue weighted by atomic mass is 35.5. The molecule has 1 aliphatic heterocycles. The Morgan fingerprint density at radius 1 is 1.32 bits per heavy atom. The number of benzene rings is 1. The number of rotatable bonds is 3. The number of pyridine rings is 1. The minimum absolute atomic E-state index is 0.00158. The molecule has 0 bridgehead atoms. The molecule has 2 N–H and O–H groups in total. The van der Waals surface area contributed by atoms with E-state index in [1.807, 2.05) is 25.1 Å². The molecule has 3 rings (SSSR count). The van der Waals surface area contributed by atoms with Gasteiger partial charge in [-0.2, -0.15) is 0 Å². The van der Waals surface area contributed by atoms with Gasteiger partial charge in [0.1, 0.15) is 6.04 Å². The fourth-order valence-corrected chi connectivity index (χ4v) is 2.43. The number of halogens is 1. The summed E-state index contributed by atoms with van der Waals surface area (Å²) < 4.78 is 0. The molecule has 0 spiro atoms. The van der Waals surface area contributed by atoms with E-state index >= 15 is 0 Å². The molecule has 1 unspecified atom stereocenters. The molecule has 0 radical (unpaired) electrons. The van der Waals surface area contributed by atoms with E-state index in [0.717, 1.165) is 11.3 Å². The number of carbonyl (C=O) groups excluding carboxylic acids is 1. The van der Waals surface area contributed by atoms with Gasteiger partial charge < -0.3 is 10.6 Å². The molecule has 112 valence electrons. The third-order valence-corrected chi connectivity index (χ3v) is 3.97. The molecule has 5 nitrogen and oxygen atoms in total. The Balaban J connectivity index is 1.67. The molecule has 1 aliphatic rings. The summed E-state index contributed by atoms with van der Waals surface area (Å²) >= 11 is 6.25. The molecule has 2 heterocycles. The van der Waals surface area contributed by atoms with Crippen molar-refractivity contribution in [1.29, 1.82) is 0 Å². The van der Waals surface area contributed by atoms with Gasteiger partial charge in [0.2, 0.25) is 0 Å². The highest BCUT2D eigenvalue weighted by Crippen LogP contribution is 2.25. The summed E-state index contributed by atoms with van der Waals surface area (Å²) in [7, 11) is 0. The zero-order valence-corrected chi connectivity index (χ0v) is 12.8. The second kappa shape index (κ2) is 6.15. The number of guanidine groups is 1. The number of ketones is 1. The maximum atomic E-state index is 12.3. The average Bonchev–Trinajstić information content (AvgIpc) is 3.00. The molecule has 6 heteroatoms.